The smallest absolute Gasteiger partial charge is 0.313 e. The number of carboxylic acids is 1. The number of carboxylic acid groups (broad SMARTS) is 1. The number of aromatic nitrogens is 2. The largest absolute Gasteiger partial charge is 0.481 e. The minimum atomic E-state index is -0.885. The molecule has 2 N–H and O–H groups in total. The first kappa shape index (κ1) is 15.7. The van der Waals surface area contributed by atoms with Crippen LogP contribution in [-0.2, 0) is 14.3 Å². The van der Waals surface area contributed by atoms with E-state index in [0.29, 0.717) is 35.5 Å². The van der Waals surface area contributed by atoms with E-state index in [0.717, 1.165) is 11.8 Å². The van der Waals surface area contributed by atoms with Gasteiger partial charge in [0, 0.05) is 13.0 Å². The molecule has 0 unspecified atom stereocenters. The third-order valence-corrected chi connectivity index (χ3v) is 3.86. The molecule has 0 atom stereocenters. The first-order valence-corrected chi connectivity index (χ1v) is 7.49. The Morgan fingerprint density at radius 1 is 1.47 bits per heavy atom. The summed E-state index contributed by atoms with van der Waals surface area (Å²) in [6, 6.07) is 0. The predicted molar refractivity (Wildman–Crippen MR) is 72.6 cm³/mol. The Balaban J connectivity index is 2.19. The van der Waals surface area contributed by atoms with Crippen molar-refractivity contribution in [3.05, 3.63) is 0 Å². The van der Waals surface area contributed by atoms with Crippen LogP contribution in [0.25, 0.3) is 0 Å². The predicted octanol–water partition coefficient (Wildman–Crippen LogP) is 1.47. The van der Waals surface area contributed by atoms with Crippen LogP contribution in [0.2, 0.25) is 0 Å². The molecule has 0 aliphatic heterocycles. The van der Waals surface area contributed by atoms with E-state index in [1.54, 1.807) is 6.92 Å². The molecule has 106 valence electrons. The molecule has 1 rings (SSSR count). The minimum absolute atomic E-state index is 0.0303. The molecule has 7 nitrogen and oxygen atoms in total. The first-order chi connectivity index (χ1) is 9.11. The number of nitrogens with zero attached hydrogens (tertiary/aromatic N) is 2. The Kier molecular flexibility index (Phi) is 7.19. The number of anilines is 1. The zero-order valence-corrected chi connectivity index (χ0v) is 12.1. The van der Waals surface area contributed by atoms with E-state index in [1.165, 1.54) is 11.3 Å². The van der Waals surface area contributed by atoms with E-state index in [1.807, 2.05) is 0 Å². The summed E-state index contributed by atoms with van der Waals surface area (Å²) in [4.78, 5) is 21.5. The average Bonchev–Trinajstić information content (AvgIpc) is 2.80. The second kappa shape index (κ2) is 8.70. The fourth-order valence-electron chi connectivity index (χ4n) is 1.12. The van der Waals surface area contributed by atoms with Crippen molar-refractivity contribution >= 4 is 40.2 Å². The lowest BCUT2D eigenvalue weighted by atomic mass is 10.3. The van der Waals surface area contributed by atoms with Crippen molar-refractivity contribution in [2.45, 2.75) is 24.1 Å². The molecule has 0 spiro atoms. The molecule has 0 saturated heterocycles. The van der Waals surface area contributed by atoms with Crippen molar-refractivity contribution in [1.82, 2.24) is 10.2 Å². The topological polar surface area (TPSA) is 101 Å². The SMILES string of the molecule is CCOC(=O)CCCNc1nnc(SCC(=O)O)s1. The van der Waals surface area contributed by atoms with E-state index in [-0.39, 0.29) is 11.7 Å². The number of hydrogen-bond acceptors (Lipinski definition) is 8. The average molecular weight is 305 g/mol. The van der Waals surface area contributed by atoms with Crippen LogP contribution in [0.3, 0.4) is 0 Å². The molecule has 9 heteroatoms. The molecule has 0 aliphatic rings. The van der Waals surface area contributed by atoms with Gasteiger partial charge in [-0.1, -0.05) is 23.1 Å². The number of thioether (sulfide) groups is 1. The van der Waals surface area contributed by atoms with Gasteiger partial charge in [-0.05, 0) is 13.3 Å². The summed E-state index contributed by atoms with van der Waals surface area (Å²) in [6.45, 7) is 2.76. The van der Waals surface area contributed by atoms with Crippen LogP contribution in [-0.4, -0.2) is 46.1 Å². The number of nitrogens with one attached hydrogen (secondary N) is 1. The van der Waals surface area contributed by atoms with Crippen molar-refractivity contribution in [2.24, 2.45) is 0 Å². The van der Waals surface area contributed by atoms with Gasteiger partial charge in [0.25, 0.3) is 0 Å². The van der Waals surface area contributed by atoms with E-state index in [4.69, 9.17) is 9.84 Å². The third-order valence-electron chi connectivity index (χ3n) is 1.86. The maximum Gasteiger partial charge on any atom is 0.313 e. The summed E-state index contributed by atoms with van der Waals surface area (Å²) >= 11 is 2.43. The number of ether oxygens (including phenoxy) is 1. The van der Waals surface area contributed by atoms with Crippen LogP contribution in [0.4, 0.5) is 5.13 Å². The van der Waals surface area contributed by atoms with Gasteiger partial charge in [-0.25, -0.2) is 0 Å². The summed E-state index contributed by atoms with van der Waals surface area (Å²) in [6.07, 6.45) is 1.01. The number of aliphatic carboxylic acids is 1. The van der Waals surface area contributed by atoms with Crippen LogP contribution in [0.15, 0.2) is 4.34 Å². The van der Waals surface area contributed by atoms with Crippen molar-refractivity contribution < 1.29 is 19.4 Å². The zero-order valence-electron chi connectivity index (χ0n) is 10.4. The van der Waals surface area contributed by atoms with Crippen LogP contribution >= 0.6 is 23.1 Å². The second-order valence-electron chi connectivity index (χ2n) is 3.39. The highest BCUT2D eigenvalue weighted by Gasteiger charge is 2.07. The third kappa shape index (κ3) is 6.97. The molecule has 0 bridgehead atoms. The quantitative estimate of drug-likeness (QED) is 0.402. The number of hydrogen-bond donors (Lipinski definition) is 2. The van der Waals surface area contributed by atoms with Crippen molar-refractivity contribution in [1.29, 1.82) is 0 Å². The van der Waals surface area contributed by atoms with Gasteiger partial charge in [-0.3, -0.25) is 9.59 Å². The van der Waals surface area contributed by atoms with Crippen LogP contribution in [0.5, 0.6) is 0 Å². The maximum absolute atomic E-state index is 11.1. The lowest BCUT2D eigenvalue weighted by molar-refractivity contribution is -0.143. The van der Waals surface area contributed by atoms with Gasteiger partial charge in [0.05, 0.1) is 12.4 Å². The highest BCUT2D eigenvalue weighted by atomic mass is 32.2. The fourth-order valence-corrected chi connectivity index (χ4v) is 2.62. The van der Waals surface area contributed by atoms with Crippen LogP contribution < -0.4 is 5.32 Å². The maximum atomic E-state index is 11.1. The molecule has 1 heterocycles. The van der Waals surface area contributed by atoms with Gasteiger partial charge in [0.15, 0.2) is 4.34 Å². The highest BCUT2D eigenvalue weighted by Crippen LogP contribution is 2.25. The minimum Gasteiger partial charge on any atom is -0.481 e. The Morgan fingerprint density at radius 2 is 2.26 bits per heavy atom. The molecule has 0 saturated carbocycles. The first-order valence-electron chi connectivity index (χ1n) is 5.69. The molecule has 0 aromatic carbocycles. The molecular weight excluding hydrogens is 290 g/mol. The zero-order chi connectivity index (χ0) is 14.1. The number of esters is 1. The summed E-state index contributed by atoms with van der Waals surface area (Å²) in [5.74, 6) is -1.12. The normalized spacial score (nSPS) is 10.2. The van der Waals surface area contributed by atoms with Crippen molar-refractivity contribution in [3.63, 3.8) is 0 Å². The highest BCUT2D eigenvalue weighted by molar-refractivity contribution is 8.01. The second-order valence-corrected chi connectivity index (χ2v) is 5.59. The number of rotatable bonds is 9. The van der Waals surface area contributed by atoms with Crippen LogP contribution in [0.1, 0.15) is 19.8 Å². The lowest BCUT2D eigenvalue weighted by Gasteiger charge is -2.02. The monoisotopic (exact) mass is 305 g/mol. The van der Waals surface area contributed by atoms with Gasteiger partial charge in [0.1, 0.15) is 0 Å². The fraction of sp³-hybridized carbons (Fsp3) is 0.600. The molecule has 19 heavy (non-hydrogen) atoms. The van der Waals surface area contributed by atoms with Gasteiger partial charge in [0.2, 0.25) is 5.13 Å². The molecular formula is C10H15N3O4S2. The molecule has 1 aromatic heterocycles. The summed E-state index contributed by atoms with van der Waals surface area (Å²) < 4.78 is 5.41. The molecule has 0 aliphatic carbocycles. The molecule has 0 radical (unpaired) electrons. The van der Waals surface area contributed by atoms with E-state index >= 15 is 0 Å². The van der Waals surface area contributed by atoms with Gasteiger partial charge in [-0.2, -0.15) is 0 Å². The van der Waals surface area contributed by atoms with E-state index in [9.17, 15) is 9.59 Å². The molecule has 0 amide bonds. The Bertz CT molecular complexity index is 425. The molecule has 1 aromatic rings. The van der Waals surface area contributed by atoms with Gasteiger partial charge < -0.3 is 15.2 Å². The lowest BCUT2D eigenvalue weighted by Crippen LogP contribution is -2.08. The summed E-state index contributed by atoms with van der Waals surface area (Å²) in [5.41, 5.74) is 0. The Hall–Kier alpha value is -1.35. The summed E-state index contributed by atoms with van der Waals surface area (Å²) in [5, 5.41) is 19.9. The van der Waals surface area contributed by atoms with Gasteiger partial charge in [-0.15, -0.1) is 10.2 Å². The number of carbonyl (C=O) groups is 2. The number of carbonyl (C=O) groups excluding carboxylic acids is 1. The van der Waals surface area contributed by atoms with Crippen molar-refractivity contribution in [3.8, 4) is 0 Å². The van der Waals surface area contributed by atoms with Crippen molar-refractivity contribution in [2.75, 3.05) is 24.2 Å². The van der Waals surface area contributed by atoms with Crippen LogP contribution in [0, 0.1) is 0 Å². The van der Waals surface area contributed by atoms with E-state index in [2.05, 4.69) is 15.5 Å². The molecule has 0 fully saturated rings. The standard InChI is InChI=1S/C10H15N3O4S2/c1-2-17-8(16)4-3-5-11-9-12-13-10(19-9)18-6-7(14)15/h2-6H2,1H3,(H,11,12)(H,14,15). The van der Waals surface area contributed by atoms with Gasteiger partial charge >= 0.3 is 11.9 Å². The Morgan fingerprint density at radius 3 is 2.95 bits per heavy atom. The van der Waals surface area contributed by atoms with E-state index < -0.39 is 5.97 Å². The summed E-state index contributed by atoms with van der Waals surface area (Å²) in [7, 11) is 0. The Labute approximate surface area is 118 Å².